The third-order valence-corrected chi connectivity index (χ3v) is 2.83. The molecular formula is C11H14FNO. The van der Waals surface area contributed by atoms with Crippen molar-refractivity contribution in [1.29, 1.82) is 0 Å². The number of aliphatic hydroxyl groups excluding tert-OH is 1. The molecule has 0 saturated carbocycles. The van der Waals surface area contributed by atoms with Crippen LogP contribution >= 0.6 is 0 Å². The van der Waals surface area contributed by atoms with Crippen molar-refractivity contribution >= 4 is 0 Å². The highest BCUT2D eigenvalue weighted by atomic mass is 19.1. The number of hydrogen-bond acceptors (Lipinski definition) is 2. The van der Waals surface area contributed by atoms with Crippen LogP contribution in [0.3, 0.4) is 0 Å². The van der Waals surface area contributed by atoms with E-state index in [2.05, 4.69) is 0 Å². The second-order valence-corrected chi connectivity index (χ2v) is 3.83. The first kappa shape index (κ1) is 9.62. The van der Waals surface area contributed by atoms with Gasteiger partial charge in [0, 0.05) is 0 Å². The van der Waals surface area contributed by atoms with E-state index in [-0.39, 0.29) is 5.82 Å². The van der Waals surface area contributed by atoms with Crippen LogP contribution in [0.15, 0.2) is 18.2 Å². The van der Waals surface area contributed by atoms with Gasteiger partial charge < -0.3 is 10.8 Å². The number of aliphatic hydroxyl groups is 1. The van der Waals surface area contributed by atoms with Crippen molar-refractivity contribution in [3.63, 3.8) is 0 Å². The number of rotatable bonds is 0. The van der Waals surface area contributed by atoms with E-state index in [4.69, 9.17) is 5.73 Å². The maximum absolute atomic E-state index is 13.0. The zero-order valence-electron chi connectivity index (χ0n) is 7.91. The van der Waals surface area contributed by atoms with Crippen LogP contribution in [-0.4, -0.2) is 11.2 Å². The van der Waals surface area contributed by atoms with Crippen LogP contribution in [0.5, 0.6) is 0 Å². The predicted octanol–water partition coefficient (Wildman–Crippen LogP) is 1.52. The quantitative estimate of drug-likeness (QED) is 0.616. The van der Waals surface area contributed by atoms with Gasteiger partial charge in [-0.15, -0.1) is 0 Å². The van der Waals surface area contributed by atoms with Crippen molar-refractivity contribution in [2.24, 2.45) is 5.73 Å². The van der Waals surface area contributed by atoms with Crippen LogP contribution < -0.4 is 5.73 Å². The lowest BCUT2D eigenvalue weighted by molar-refractivity contribution is 0.136. The third kappa shape index (κ3) is 1.65. The fourth-order valence-electron chi connectivity index (χ4n) is 1.99. The van der Waals surface area contributed by atoms with E-state index in [9.17, 15) is 9.50 Å². The van der Waals surface area contributed by atoms with Gasteiger partial charge in [-0.2, -0.15) is 0 Å². The predicted molar refractivity (Wildman–Crippen MR) is 52.3 cm³/mol. The van der Waals surface area contributed by atoms with Gasteiger partial charge in [-0.3, -0.25) is 0 Å². The van der Waals surface area contributed by atoms with Gasteiger partial charge >= 0.3 is 0 Å². The summed E-state index contributed by atoms with van der Waals surface area (Å²) in [5, 5.41) is 9.65. The van der Waals surface area contributed by atoms with Gasteiger partial charge in [0.15, 0.2) is 0 Å². The van der Waals surface area contributed by atoms with E-state index in [1.165, 1.54) is 12.1 Å². The molecule has 0 saturated heterocycles. The first-order valence-electron chi connectivity index (χ1n) is 4.90. The van der Waals surface area contributed by atoms with Crippen molar-refractivity contribution < 1.29 is 9.50 Å². The highest BCUT2D eigenvalue weighted by Gasteiger charge is 2.23. The second kappa shape index (κ2) is 3.67. The van der Waals surface area contributed by atoms with Gasteiger partial charge in [0.25, 0.3) is 0 Å². The normalized spacial score (nSPS) is 26.8. The van der Waals surface area contributed by atoms with Crippen LogP contribution in [0.2, 0.25) is 0 Å². The maximum Gasteiger partial charge on any atom is 0.123 e. The highest BCUT2D eigenvalue weighted by Crippen LogP contribution is 2.27. The summed E-state index contributed by atoms with van der Waals surface area (Å²) in [6.07, 6.45) is 1.93. The van der Waals surface area contributed by atoms with Crippen LogP contribution in [0.4, 0.5) is 4.39 Å². The monoisotopic (exact) mass is 195 g/mol. The highest BCUT2D eigenvalue weighted by molar-refractivity contribution is 5.32. The summed E-state index contributed by atoms with van der Waals surface area (Å²) in [6, 6.07) is 4.21. The van der Waals surface area contributed by atoms with E-state index in [1.54, 1.807) is 6.07 Å². The molecule has 0 radical (unpaired) electrons. The van der Waals surface area contributed by atoms with Gasteiger partial charge in [0.2, 0.25) is 0 Å². The van der Waals surface area contributed by atoms with Crippen molar-refractivity contribution in [3.8, 4) is 0 Å². The molecule has 0 amide bonds. The van der Waals surface area contributed by atoms with Crippen LogP contribution in [-0.2, 0) is 6.42 Å². The Morgan fingerprint density at radius 1 is 1.43 bits per heavy atom. The molecule has 76 valence electrons. The Morgan fingerprint density at radius 2 is 2.21 bits per heavy atom. The minimum Gasteiger partial charge on any atom is -0.391 e. The number of aryl methyl sites for hydroxylation is 1. The summed E-state index contributed by atoms with van der Waals surface area (Å²) in [4.78, 5) is 0. The molecule has 0 aliphatic heterocycles. The summed E-state index contributed by atoms with van der Waals surface area (Å²) < 4.78 is 13.0. The van der Waals surface area contributed by atoms with Crippen molar-refractivity contribution in [1.82, 2.24) is 0 Å². The number of nitrogens with two attached hydrogens (primary N) is 1. The summed E-state index contributed by atoms with van der Waals surface area (Å²) in [7, 11) is 0. The fourth-order valence-corrected chi connectivity index (χ4v) is 1.99. The lowest BCUT2D eigenvalue weighted by atomic mass is 9.98. The minimum absolute atomic E-state index is 0.284. The molecule has 0 heterocycles. The lowest BCUT2D eigenvalue weighted by Gasteiger charge is -2.17. The molecule has 0 aromatic heterocycles. The van der Waals surface area contributed by atoms with Gasteiger partial charge in [-0.1, -0.05) is 6.07 Å². The molecule has 1 aliphatic rings. The Labute approximate surface area is 82.5 Å². The second-order valence-electron chi connectivity index (χ2n) is 3.83. The number of benzene rings is 1. The zero-order chi connectivity index (χ0) is 10.1. The molecule has 2 rings (SSSR count). The van der Waals surface area contributed by atoms with E-state index < -0.39 is 12.1 Å². The average Bonchev–Trinajstić information content (AvgIpc) is 2.30. The van der Waals surface area contributed by atoms with Crippen LogP contribution in [0.1, 0.15) is 30.0 Å². The molecule has 0 fully saturated rings. The Hall–Kier alpha value is -0.930. The van der Waals surface area contributed by atoms with Crippen molar-refractivity contribution in [2.45, 2.75) is 31.4 Å². The summed E-state index contributed by atoms with van der Waals surface area (Å²) in [5.41, 5.74) is 7.67. The maximum atomic E-state index is 13.0. The SMILES string of the molecule is N[C@H]1c2cc(F)ccc2CCC[C@@H]1O. The van der Waals surface area contributed by atoms with E-state index in [0.717, 1.165) is 24.0 Å². The molecule has 2 atom stereocenters. The number of hydrogen-bond donors (Lipinski definition) is 2. The third-order valence-electron chi connectivity index (χ3n) is 2.83. The molecule has 3 N–H and O–H groups in total. The molecule has 1 aliphatic carbocycles. The Morgan fingerprint density at radius 3 is 3.00 bits per heavy atom. The fraction of sp³-hybridized carbons (Fsp3) is 0.455. The first-order valence-corrected chi connectivity index (χ1v) is 4.90. The zero-order valence-corrected chi connectivity index (χ0v) is 7.91. The van der Waals surface area contributed by atoms with Crippen molar-refractivity contribution in [3.05, 3.63) is 35.1 Å². The standard InChI is InChI=1S/C11H14FNO/c12-8-5-4-7-2-1-3-10(14)11(13)9(7)6-8/h4-6,10-11,14H,1-3,13H2/t10-,11-/m0/s1. The molecule has 0 unspecified atom stereocenters. The minimum atomic E-state index is -0.543. The Bertz CT molecular complexity index is 340. The van der Waals surface area contributed by atoms with Gasteiger partial charge in [0.05, 0.1) is 12.1 Å². The van der Waals surface area contributed by atoms with Crippen LogP contribution in [0, 0.1) is 5.82 Å². The van der Waals surface area contributed by atoms with Crippen molar-refractivity contribution in [2.75, 3.05) is 0 Å². The largest absolute Gasteiger partial charge is 0.391 e. The molecule has 2 nitrogen and oxygen atoms in total. The van der Waals surface area contributed by atoms with E-state index in [1.807, 2.05) is 0 Å². The topological polar surface area (TPSA) is 46.2 Å². The number of halogens is 1. The van der Waals surface area contributed by atoms with Gasteiger partial charge in [-0.05, 0) is 42.5 Å². The smallest absolute Gasteiger partial charge is 0.123 e. The number of fused-ring (bicyclic) bond motifs is 1. The van der Waals surface area contributed by atoms with Gasteiger partial charge in [-0.25, -0.2) is 4.39 Å². The molecule has 14 heavy (non-hydrogen) atoms. The van der Waals surface area contributed by atoms with E-state index >= 15 is 0 Å². The van der Waals surface area contributed by atoms with Crippen LogP contribution in [0.25, 0.3) is 0 Å². The summed E-state index contributed by atoms with van der Waals surface area (Å²) in [6.45, 7) is 0. The van der Waals surface area contributed by atoms with Gasteiger partial charge in [0.1, 0.15) is 5.82 Å². The average molecular weight is 195 g/mol. The summed E-state index contributed by atoms with van der Waals surface area (Å²) in [5.74, 6) is -0.284. The molecule has 0 bridgehead atoms. The Kier molecular flexibility index (Phi) is 2.52. The molecule has 3 heteroatoms. The molecular weight excluding hydrogens is 181 g/mol. The van der Waals surface area contributed by atoms with E-state index in [0.29, 0.717) is 6.42 Å². The lowest BCUT2D eigenvalue weighted by Crippen LogP contribution is -2.25. The molecule has 1 aromatic rings. The summed E-state index contributed by atoms with van der Waals surface area (Å²) >= 11 is 0. The molecule has 1 aromatic carbocycles. The molecule has 0 spiro atoms. The Balaban J connectivity index is 2.44. The first-order chi connectivity index (χ1) is 6.68.